The minimum atomic E-state index is -4.01. The zero-order chi connectivity index (χ0) is 15.5. The highest BCUT2D eigenvalue weighted by Gasteiger charge is 2.26. The first-order valence-electron chi connectivity index (χ1n) is 5.48. The first-order chi connectivity index (χ1) is 9.16. The van der Waals surface area contributed by atoms with Crippen LogP contribution in [-0.2, 0) is 21.5 Å². The Hall–Kier alpha value is -1.22. The number of hydrogen-bond donors (Lipinski definition) is 1. The topological polar surface area (TPSA) is 77.9 Å². The number of carbonyl (C=O) groups is 1. The molecule has 0 spiro atoms. The van der Waals surface area contributed by atoms with Gasteiger partial charge in [0.25, 0.3) is 10.2 Å². The number of halogens is 2. The van der Waals surface area contributed by atoms with Gasteiger partial charge in [-0.15, -0.1) is 0 Å². The summed E-state index contributed by atoms with van der Waals surface area (Å²) in [6.07, 6.45) is 0. The molecule has 0 unspecified atom stereocenters. The van der Waals surface area contributed by atoms with Crippen molar-refractivity contribution < 1.29 is 22.7 Å². The maximum absolute atomic E-state index is 13.6. The van der Waals surface area contributed by atoms with Gasteiger partial charge < -0.3 is 5.11 Å². The van der Waals surface area contributed by atoms with E-state index in [1.165, 1.54) is 25.2 Å². The van der Waals surface area contributed by atoms with Gasteiger partial charge in [-0.1, -0.05) is 17.7 Å². The molecule has 0 aliphatic heterocycles. The first-order valence-corrected chi connectivity index (χ1v) is 7.26. The molecule has 1 rings (SSSR count). The van der Waals surface area contributed by atoms with E-state index in [9.17, 15) is 17.6 Å². The summed E-state index contributed by atoms with van der Waals surface area (Å²) < 4.78 is 39.1. The third kappa shape index (κ3) is 3.89. The van der Waals surface area contributed by atoms with Crippen LogP contribution >= 0.6 is 11.6 Å². The van der Waals surface area contributed by atoms with Gasteiger partial charge in [0.1, 0.15) is 12.4 Å². The molecule has 0 aliphatic rings. The molecule has 20 heavy (non-hydrogen) atoms. The molecule has 0 heterocycles. The number of nitrogens with zero attached hydrogens (tertiary/aromatic N) is 2. The lowest BCUT2D eigenvalue weighted by Gasteiger charge is -2.23. The largest absolute Gasteiger partial charge is 0.480 e. The lowest BCUT2D eigenvalue weighted by atomic mass is 10.2. The SMILES string of the molecule is CN(CC(=O)O)S(=O)(=O)N(C)Cc1c(F)cccc1Cl. The van der Waals surface area contributed by atoms with Gasteiger partial charge in [-0.05, 0) is 12.1 Å². The molecule has 6 nitrogen and oxygen atoms in total. The van der Waals surface area contributed by atoms with Crippen LogP contribution in [0, 0.1) is 5.82 Å². The molecule has 0 amide bonds. The van der Waals surface area contributed by atoms with Crippen molar-refractivity contribution in [2.45, 2.75) is 6.54 Å². The molecule has 112 valence electrons. The van der Waals surface area contributed by atoms with Crippen molar-refractivity contribution in [3.8, 4) is 0 Å². The summed E-state index contributed by atoms with van der Waals surface area (Å²) >= 11 is 5.82. The minimum Gasteiger partial charge on any atom is -0.480 e. The summed E-state index contributed by atoms with van der Waals surface area (Å²) in [5, 5.41) is 8.71. The Labute approximate surface area is 121 Å². The summed E-state index contributed by atoms with van der Waals surface area (Å²) in [7, 11) is -1.66. The minimum absolute atomic E-state index is 0.0315. The highest BCUT2D eigenvalue weighted by molar-refractivity contribution is 7.86. The van der Waals surface area contributed by atoms with E-state index >= 15 is 0 Å². The van der Waals surface area contributed by atoms with Gasteiger partial charge in [-0.25, -0.2) is 4.39 Å². The fourth-order valence-corrected chi connectivity index (χ4v) is 2.76. The van der Waals surface area contributed by atoms with Crippen molar-refractivity contribution in [2.24, 2.45) is 0 Å². The molecule has 0 atom stereocenters. The van der Waals surface area contributed by atoms with E-state index in [2.05, 4.69) is 0 Å². The van der Waals surface area contributed by atoms with E-state index in [1.807, 2.05) is 0 Å². The second-order valence-electron chi connectivity index (χ2n) is 4.11. The van der Waals surface area contributed by atoms with Crippen LogP contribution in [0.2, 0.25) is 5.02 Å². The van der Waals surface area contributed by atoms with Crippen LogP contribution in [0.15, 0.2) is 18.2 Å². The summed E-state index contributed by atoms with van der Waals surface area (Å²) in [5.74, 6) is -1.91. The van der Waals surface area contributed by atoms with Gasteiger partial charge >= 0.3 is 5.97 Å². The second-order valence-corrected chi connectivity index (χ2v) is 6.66. The number of hydrogen-bond acceptors (Lipinski definition) is 3. The highest BCUT2D eigenvalue weighted by Crippen LogP contribution is 2.21. The molecule has 0 fully saturated rings. The number of likely N-dealkylation sites (N-methyl/N-ethyl adjacent to an activating group) is 1. The molecule has 0 saturated carbocycles. The molecule has 0 saturated heterocycles. The van der Waals surface area contributed by atoms with Gasteiger partial charge in [-0.2, -0.15) is 17.0 Å². The number of benzene rings is 1. The first kappa shape index (κ1) is 16.8. The summed E-state index contributed by atoms with van der Waals surface area (Å²) in [6, 6.07) is 4.02. The van der Waals surface area contributed by atoms with E-state index in [4.69, 9.17) is 16.7 Å². The van der Waals surface area contributed by atoms with Crippen LogP contribution in [0.1, 0.15) is 5.56 Å². The van der Waals surface area contributed by atoms with Crippen molar-refractivity contribution in [1.29, 1.82) is 0 Å². The van der Waals surface area contributed by atoms with Crippen LogP contribution in [-0.4, -0.2) is 48.7 Å². The van der Waals surface area contributed by atoms with Crippen molar-refractivity contribution in [3.05, 3.63) is 34.6 Å². The Morgan fingerprint density at radius 3 is 2.45 bits per heavy atom. The van der Waals surface area contributed by atoms with Crippen LogP contribution in [0.25, 0.3) is 0 Å². The third-order valence-corrected chi connectivity index (χ3v) is 4.78. The summed E-state index contributed by atoms with van der Waals surface area (Å²) in [4.78, 5) is 10.5. The predicted molar refractivity (Wildman–Crippen MR) is 72.1 cm³/mol. The fraction of sp³-hybridized carbons (Fsp3) is 0.364. The lowest BCUT2D eigenvalue weighted by Crippen LogP contribution is -2.41. The molecule has 9 heteroatoms. The average molecular weight is 325 g/mol. The van der Waals surface area contributed by atoms with Crippen LogP contribution in [0.5, 0.6) is 0 Å². The van der Waals surface area contributed by atoms with Crippen LogP contribution in [0.3, 0.4) is 0 Å². The maximum Gasteiger partial charge on any atom is 0.318 e. The monoisotopic (exact) mass is 324 g/mol. The Kier molecular flexibility index (Phi) is 5.46. The Bertz CT molecular complexity index is 588. The van der Waals surface area contributed by atoms with Crippen LogP contribution in [0.4, 0.5) is 4.39 Å². The Balaban J connectivity index is 2.95. The van der Waals surface area contributed by atoms with E-state index < -0.39 is 28.5 Å². The van der Waals surface area contributed by atoms with Crippen molar-refractivity contribution in [3.63, 3.8) is 0 Å². The molecule has 0 aromatic heterocycles. The zero-order valence-corrected chi connectivity index (χ0v) is 12.4. The van der Waals surface area contributed by atoms with Gasteiger partial charge in [0.05, 0.1) is 0 Å². The lowest BCUT2D eigenvalue weighted by molar-refractivity contribution is -0.137. The number of rotatable bonds is 6. The normalized spacial score (nSPS) is 12.1. The molecule has 0 radical (unpaired) electrons. The summed E-state index contributed by atoms with van der Waals surface area (Å²) in [6.45, 7) is -0.977. The number of carboxylic acid groups (broad SMARTS) is 1. The molecular weight excluding hydrogens is 311 g/mol. The molecule has 0 aliphatic carbocycles. The van der Waals surface area contributed by atoms with Gasteiger partial charge in [0.15, 0.2) is 0 Å². The molecule has 1 aromatic rings. The van der Waals surface area contributed by atoms with Gasteiger partial charge in [0.2, 0.25) is 0 Å². The second kappa shape index (κ2) is 6.49. The third-order valence-electron chi connectivity index (χ3n) is 2.59. The molecule has 0 bridgehead atoms. The molecule has 1 N–H and O–H groups in total. The average Bonchev–Trinajstić information content (AvgIpc) is 2.32. The smallest absolute Gasteiger partial charge is 0.318 e. The molecular formula is C11H14ClFN2O4S. The van der Waals surface area contributed by atoms with E-state index in [0.29, 0.717) is 4.31 Å². The van der Waals surface area contributed by atoms with E-state index in [0.717, 1.165) is 11.4 Å². The fourth-order valence-electron chi connectivity index (χ4n) is 1.50. The van der Waals surface area contributed by atoms with E-state index in [-0.39, 0.29) is 17.1 Å². The summed E-state index contributed by atoms with van der Waals surface area (Å²) in [5.41, 5.74) is 0.0315. The maximum atomic E-state index is 13.6. The van der Waals surface area contributed by atoms with Crippen molar-refractivity contribution >= 4 is 27.8 Å². The quantitative estimate of drug-likeness (QED) is 0.852. The van der Waals surface area contributed by atoms with E-state index in [1.54, 1.807) is 0 Å². The Morgan fingerprint density at radius 1 is 1.35 bits per heavy atom. The highest BCUT2D eigenvalue weighted by atomic mass is 35.5. The van der Waals surface area contributed by atoms with Crippen LogP contribution < -0.4 is 0 Å². The predicted octanol–water partition coefficient (Wildman–Crippen LogP) is 1.17. The number of aliphatic carboxylic acids is 1. The Morgan fingerprint density at radius 2 is 1.95 bits per heavy atom. The zero-order valence-electron chi connectivity index (χ0n) is 10.9. The standard InChI is InChI=1S/C11H14ClFN2O4S/c1-14(20(18,19)15(2)7-11(16)17)6-8-9(12)4-3-5-10(8)13/h3-5H,6-7H2,1-2H3,(H,16,17). The molecule has 1 aromatic carbocycles. The van der Waals surface area contributed by atoms with Gasteiger partial charge in [-0.3, -0.25) is 4.79 Å². The van der Waals surface area contributed by atoms with Crippen molar-refractivity contribution in [1.82, 2.24) is 8.61 Å². The number of carboxylic acids is 1. The van der Waals surface area contributed by atoms with Crippen molar-refractivity contribution in [2.75, 3.05) is 20.6 Å². The van der Waals surface area contributed by atoms with Gasteiger partial charge in [0, 0.05) is 31.2 Å².